The summed E-state index contributed by atoms with van der Waals surface area (Å²) in [7, 11) is -0.714. The molecule has 2 atom stereocenters. The smallest absolute Gasteiger partial charge is 0.281 e. The minimum atomic E-state index is -4.25. The second kappa shape index (κ2) is 12.2. The Labute approximate surface area is 250 Å². The number of aromatic nitrogens is 2. The Morgan fingerprint density at radius 3 is 2.52 bits per heavy atom. The first kappa shape index (κ1) is 31.7. The van der Waals surface area contributed by atoms with Gasteiger partial charge in [0.15, 0.2) is 5.03 Å². The van der Waals surface area contributed by atoms with E-state index in [1.165, 1.54) is 6.07 Å². The van der Waals surface area contributed by atoms with Crippen molar-refractivity contribution in [2.45, 2.75) is 102 Å². The summed E-state index contributed by atoms with van der Waals surface area (Å²) in [6.45, 7) is 11.2. The highest BCUT2D eigenvalue weighted by Crippen LogP contribution is 2.40. The van der Waals surface area contributed by atoms with Crippen LogP contribution in [0.4, 0.5) is 11.6 Å². The maximum atomic E-state index is 13.6. The Hall–Kier alpha value is -3.21. The molecule has 2 amide bonds. The van der Waals surface area contributed by atoms with Gasteiger partial charge in [-0.1, -0.05) is 33.3 Å². The molecule has 2 N–H and O–H groups in total. The molecule has 42 heavy (non-hydrogen) atoms. The SMILES string of the molecule is CN(C)C(=O)CCCCC1CCC2CN(c3nc(C(C)(C)C)ccc3C(=O)NS(=O)(=O)c3cccc(n3)N1)C(C)(C)C2. The highest BCUT2D eigenvalue weighted by molar-refractivity contribution is 7.90. The van der Waals surface area contributed by atoms with E-state index in [0.717, 1.165) is 50.8 Å². The zero-order valence-corrected chi connectivity index (χ0v) is 26.8. The quantitative estimate of drug-likeness (QED) is 0.474. The Bertz CT molecular complexity index is 1420. The van der Waals surface area contributed by atoms with Gasteiger partial charge in [-0.2, -0.15) is 8.42 Å². The molecule has 0 radical (unpaired) electrons. The lowest BCUT2D eigenvalue weighted by atomic mass is 9.90. The van der Waals surface area contributed by atoms with Crippen molar-refractivity contribution in [2.24, 2.45) is 5.92 Å². The molecule has 1 saturated heterocycles. The number of nitrogens with zero attached hydrogens (tertiary/aromatic N) is 4. The largest absolute Gasteiger partial charge is 0.367 e. The molecule has 0 aliphatic carbocycles. The molecule has 0 spiro atoms. The lowest BCUT2D eigenvalue weighted by molar-refractivity contribution is -0.128. The Kier molecular flexibility index (Phi) is 9.20. The molecule has 11 heteroatoms. The fourth-order valence-corrected chi connectivity index (χ4v) is 6.84. The summed E-state index contributed by atoms with van der Waals surface area (Å²) in [6, 6.07) is 8.31. The van der Waals surface area contributed by atoms with Crippen molar-refractivity contribution in [1.29, 1.82) is 0 Å². The van der Waals surface area contributed by atoms with Gasteiger partial charge in [-0.25, -0.2) is 14.7 Å². The van der Waals surface area contributed by atoms with E-state index >= 15 is 0 Å². The number of hydrogen-bond donors (Lipinski definition) is 2. The Morgan fingerprint density at radius 2 is 1.83 bits per heavy atom. The van der Waals surface area contributed by atoms with Crippen LogP contribution in [0.15, 0.2) is 35.4 Å². The van der Waals surface area contributed by atoms with E-state index in [1.54, 1.807) is 43.3 Å². The highest BCUT2D eigenvalue weighted by atomic mass is 32.2. The van der Waals surface area contributed by atoms with Crippen LogP contribution in [-0.4, -0.2) is 67.3 Å². The molecular formula is C31H46N6O4S. The summed E-state index contributed by atoms with van der Waals surface area (Å²) in [5.41, 5.74) is 0.536. The van der Waals surface area contributed by atoms with Crippen molar-refractivity contribution in [1.82, 2.24) is 19.6 Å². The van der Waals surface area contributed by atoms with Gasteiger partial charge in [0.2, 0.25) is 5.91 Å². The van der Waals surface area contributed by atoms with Gasteiger partial charge in [0.1, 0.15) is 11.6 Å². The van der Waals surface area contributed by atoms with E-state index in [1.807, 2.05) is 0 Å². The predicted octanol–water partition coefficient (Wildman–Crippen LogP) is 4.72. The first-order valence-electron chi connectivity index (χ1n) is 14.9. The Morgan fingerprint density at radius 1 is 1.10 bits per heavy atom. The van der Waals surface area contributed by atoms with E-state index in [2.05, 4.69) is 54.5 Å². The van der Waals surface area contributed by atoms with E-state index < -0.39 is 15.9 Å². The molecule has 10 nitrogen and oxygen atoms in total. The predicted molar refractivity (Wildman–Crippen MR) is 165 cm³/mol. The average Bonchev–Trinajstić information content (AvgIpc) is 3.21. The number of carbonyl (C=O) groups excluding carboxylic acids is 2. The third-order valence-corrected chi connectivity index (χ3v) is 9.53. The van der Waals surface area contributed by atoms with Crippen LogP contribution in [-0.2, 0) is 20.2 Å². The number of hydrogen-bond acceptors (Lipinski definition) is 8. The first-order valence-corrected chi connectivity index (χ1v) is 16.4. The van der Waals surface area contributed by atoms with Gasteiger partial charge in [-0.05, 0) is 76.1 Å². The van der Waals surface area contributed by atoms with Crippen LogP contribution in [0.2, 0.25) is 0 Å². The normalized spacial score (nSPS) is 21.8. The molecule has 2 aliphatic heterocycles. The van der Waals surface area contributed by atoms with Gasteiger partial charge in [0.05, 0.1) is 5.56 Å². The lowest BCUT2D eigenvalue weighted by Gasteiger charge is -2.34. The molecule has 4 bridgehead atoms. The van der Waals surface area contributed by atoms with Crippen LogP contribution >= 0.6 is 0 Å². The number of nitrogens with one attached hydrogen (secondary N) is 2. The van der Waals surface area contributed by atoms with E-state index in [4.69, 9.17) is 4.98 Å². The minimum absolute atomic E-state index is 0.0553. The molecule has 0 aromatic carbocycles. The maximum absolute atomic E-state index is 13.6. The number of amides is 2. The summed E-state index contributed by atoms with van der Waals surface area (Å²) >= 11 is 0. The minimum Gasteiger partial charge on any atom is -0.367 e. The van der Waals surface area contributed by atoms with E-state index in [0.29, 0.717) is 24.0 Å². The zero-order valence-electron chi connectivity index (χ0n) is 26.0. The summed E-state index contributed by atoms with van der Waals surface area (Å²) in [5, 5.41) is 3.23. The lowest BCUT2D eigenvalue weighted by Crippen LogP contribution is -2.41. The van der Waals surface area contributed by atoms with Gasteiger partial charge < -0.3 is 15.1 Å². The van der Waals surface area contributed by atoms with Crippen LogP contribution in [0.5, 0.6) is 0 Å². The van der Waals surface area contributed by atoms with E-state index in [9.17, 15) is 18.0 Å². The monoisotopic (exact) mass is 598 g/mol. The molecule has 4 rings (SSSR count). The number of fused-ring (bicyclic) bond motifs is 6. The van der Waals surface area contributed by atoms with Gasteiger partial charge in [-0.3, -0.25) is 9.59 Å². The van der Waals surface area contributed by atoms with Gasteiger partial charge >= 0.3 is 0 Å². The van der Waals surface area contributed by atoms with Crippen LogP contribution in [0.25, 0.3) is 0 Å². The van der Waals surface area contributed by atoms with Crippen molar-refractivity contribution in [3.63, 3.8) is 0 Å². The van der Waals surface area contributed by atoms with Crippen LogP contribution in [0, 0.1) is 5.92 Å². The molecule has 2 aliphatic rings. The second-order valence-electron chi connectivity index (χ2n) is 13.6. The van der Waals surface area contributed by atoms with Crippen molar-refractivity contribution >= 4 is 33.5 Å². The summed E-state index contributed by atoms with van der Waals surface area (Å²) < 4.78 is 29.0. The van der Waals surface area contributed by atoms with E-state index in [-0.39, 0.29) is 33.5 Å². The molecule has 2 aromatic heterocycles. The van der Waals surface area contributed by atoms with Crippen LogP contribution < -0.4 is 14.9 Å². The summed E-state index contributed by atoms with van der Waals surface area (Å²) in [4.78, 5) is 38.8. The number of pyridine rings is 2. The van der Waals surface area contributed by atoms with Crippen LogP contribution in [0.3, 0.4) is 0 Å². The molecule has 0 saturated carbocycles. The third-order valence-electron chi connectivity index (χ3n) is 8.30. The average molecular weight is 599 g/mol. The molecular weight excluding hydrogens is 552 g/mol. The van der Waals surface area contributed by atoms with Crippen molar-refractivity contribution in [3.8, 4) is 0 Å². The second-order valence-corrected chi connectivity index (χ2v) is 15.2. The fraction of sp³-hybridized carbons (Fsp3) is 0.613. The number of carbonyl (C=O) groups is 2. The molecule has 2 unspecified atom stereocenters. The van der Waals surface area contributed by atoms with Gasteiger partial charge in [0.25, 0.3) is 15.9 Å². The summed E-state index contributed by atoms with van der Waals surface area (Å²) in [5.74, 6) is 0.712. The molecule has 1 fully saturated rings. The number of anilines is 2. The Balaban J connectivity index is 1.70. The molecule has 4 heterocycles. The third kappa shape index (κ3) is 7.40. The van der Waals surface area contributed by atoms with Gasteiger partial charge in [-0.15, -0.1) is 0 Å². The zero-order chi connectivity index (χ0) is 30.9. The fourth-order valence-electron chi connectivity index (χ4n) is 5.90. The van der Waals surface area contributed by atoms with Gasteiger partial charge in [0, 0.05) is 49.8 Å². The van der Waals surface area contributed by atoms with Crippen molar-refractivity contribution < 1.29 is 18.0 Å². The number of rotatable bonds is 5. The molecule has 230 valence electrons. The topological polar surface area (TPSA) is 125 Å². The standard InChI is InChI=1S/C31H46N6O4S/c1-30(2,3)24-18-17-23-28(33-24)37-20-21(19-31(37,4)5)15-16-22(11-8-9-14-27(38)36(6)7)32-25-12-10-13-26(34-25)42(40,41)35-29(23)39/h10,12-13,17-18,21-22H,8-9,11,14-16,19-20H2,1-7H3,(H,32,34)(H,35,39). The highest BCUT2D eigenvalue weighted by Gasteiger charge is 2.41. The first-order chi connectivity index (χ1) is 19.6. The van der Waals surface area contributed by atoms with Crippen molar-refractivity contribution in [2.75, 3.05) is 30.9 Å². The van der Waals surface area contributed by atoms with Crippen molar-refractivity contribution in [3.05, 3.63) is 41.6 Å². The summed E-state index contributed by atoms with van der Waals surface area (Å²) in [6.07, 6.45) is 5.72. The van der Waals surface area contributed by atoms with Crippen LogP contribution in [0.1, 0.15) is 95.6 Å². The number of sulfonamides is 1. The molecule has 2 aromatic rings. The number of unbranched alkanes of at least 4 members (excludes halogenated alkanes) is 1. The maximum Gasteiger partial charge on any atom is 0.281 e.